The highest BCUT2D eigenvalue weighted by Gasteiger charge is 2.10. The van der Waals surface area contributed by atoms with Gasteiger partial charge >= 0.3 is 0 Å². The first kappa shape index (κ1) is 11.2. The third-order valence-electron chi connectivity index (χ3n) is 2.31. The lowest BCUT2D eigenvalue weighted by Gasteiger charge is -2.06. The van der Waals surface area contributed by atoms with Crippen molar-refractivity contribution < 1.29 is 4.79 Å². The van der Waals surface area contributed by atoms with Crippen LogP contribution in [0, 0.1) is 6.92 Å². The number of benzene rings is 1. The lowest BCUT2D eigenvalue weighted by Crippen LogP contribution is -2.00. The van der Waals surface area contributed by atoms with Gasteiger partial charge in [-0.3, -0.25) is 4.79 Å². The molecule has 0 atom stereocenters. The highest BCUT2D eigenvalue weighted by Crippen LogP contribution is 2.25. The number of carbonyl (C=O) groups is 1. The fraction of sp³-hybridized carbons (Fsp3) is 0.0909. The van der Waals surface area contributed by atoms with Crippen molar-refractivity contribution in [2.75, 3.05) is 0 Å². The number of rotatable bonds is 2. The molecule has 0 amide bonds. The van der Waals surface area contributed by atoms with Crippen molar-refractivity contribution in [3.8, 4) is 5.69 Å². The lowest BCUT2D eigenvalue weighted by atomic mass is 10.2. The molecular formula is C11H8Cl2N2O. The van der Waals surface area contributed by atoms with Crippen LogP contribution >= 0.6 is 23.2 Å². The van der Waals surface area contributed by atoms with Gasteiger partial charge in [0.1, 0.15) is 0 Å². The molecule has 0 N–H and O–H groups in total. The van der Waals surface area contributed by atoms with E-state index in [1.807, 2.05) is 6.92 Å². The zero-order chi connectivity index (χ0) is 11.7. The van der Waals surface area contributed by atoms with Crippen LogP contribution in [0.15, 0.2) is 24.4 Å². The Balaban J connectivity index is 2.58. The Kier molecular flexibility index (Phi) is 2.99. The van der Waals surface area contributed by atoms with Crippen LogP contribution in [0.2, 0.25) is 10.0 Å². The normalized spacial score (nSPS) is 10.4. The standard InChI is InChI=1S/C11H8Cl2N2O/c1-7-8(6-16)5-14-15(7)11-3-2-9(12)4-10(11)13/h2-6H,1H3. The molecule has 1 aromatic heterocycles. The fourth-order valence-corrected chi connectivity index (χ4v) is 1.92. The minimum absolute atomic E-state index is 0.496. The third-order valence-corrected chi connectivity index (χ3v) is 2.85. The summed E-state index contributed by atoms with van der Waals surface area (Å²) in [6.45, 7) is 1.81. The largest absolute Gasteiger partial charge is 0.298 e. The summed E-state index contributed by atoms with van der Waals surface area (Å²) in [6, 6.07) is 5.13. The maximum atomic E-state index is 10.7. The Morgan fingerprint density at radius 2 is 2.12 bits per heavy atom. The topological polar surface area (TPSA) is 34.9 Å². The van der Waals surface area contributed by atoms with Crippen LogP contribution in [0.1, 0.15) is 16.1 Å². The summed E-state index contributed by atoms with van der Waals surface area (Å²) in [4.78, 5) is 10.7. The van der Waals surface area contributed by atoms with Gasteiger partial charge in [0, 0.05) is 5.02 Å². The van der Waals surface area contributed by atoms with Crippen molar-refractivity contribution in [1.29, 1.82) is 0 Å². The first-order valence-electron chi connectivity index (χ1n) is 4.58. The van der Waals surface area contributed by atoms with Gasteiger partial charge in [-0.25, -0.2) is 4.68 Å². The second-order valence-electron chi connectivity index (χ2n) is 3.31. The van der Waals surface area contributed by atoms with E-state index in [1.165, 1.54) is 6.20 Å². The molecule has 0 saturated heterocycles. The van der Waals surface area contributed by atoms with Gasteiger partial charge in [-0.1, -0.05) is 23.2 Å². The Morgan fingerprint density at radius 1 is 1.38 bits per heavy atom. The quantitative estimate of drug-likeness (QED) is 0.771. The van der Waals surface area contributed by atoms with Gasteiger partial charge in [0.15, 0.2) is 6.29 Å². The van der Waals surface area contributed by atoms with E-state index in [2.05, 4.69) is 5.10 Å². The van der Waals surface area contributed by atoms with Crippen LogP contribution < -0.4 is 0 Å². The molecule has 0 unspecified atom stereocenters. The van der Waals surface area contributed by atoms with E-state index >= 15 is 0 Å². The summed E-state index contributed by atoms with van der Waals surface area (Å²) < 4.78 is 1.61. The van der Waals surface area contributed by atoms with Gasteiger partial charge in [-0.15, -0.1) is 0 Å². The molecule has 2 aromatic rings. The monoisotopic (exact) mass is 254 g/mol. The van der Waals surface area contributed by atoms with Gasteiger partial charge in [0.25, 0.3) is 0 Å². The van der Waals surface area contributed by atoms with Crippen molar-refractivity contribution in [3.63, 3.8) is 0 Å². The van der Waals surface area contributed by atoms with E-state index in [4.69, 9.17) is 23.2 Å². The highest BCUT2D eigenvalue weighted by molar-refractivity contribution is 6.35. The molecule has 0 bridgehead atoms. The molecule has 3 nitrogen and oxygen atoms in total. The van der Waals surface area contributed by atoms with Crippen molar-refractivity contribution in [3.05, 3.63) is 45.7 Å². The summed E-state index contributed by atoms with van der Waals surface area (Å²) in [5.41, 5.74) is 2.00. The Labute approximate surface area is 103 Å². The molecule has 2 rings (SSSR count). The Bertz CT molecular complexity index is 549. The second kappa shape index (κ2) is 4.28. The minimum atomic E-state index is 0.496. The number of halogens is 2. The van der Waals surface area contributed by atoms with Crippen LogP contribution in [-0.2, 0) is 0 Å². The van der Waals surface area contributed by atoms with E-state index in [-0.39, 0.29) is 0 Å². The van der Waals surface area contributed by atoms with Crippen molar-refractivity contribution in [2.45, 2.75) is 6.92 Å². The van der Waals surface area contributed by atoms with Crippen molar-refractivity contribution in [1.82, 2.24) is 9.78 Å². The number of nitrogens with zero attached hydrogens (tertiary/aromatic N) is 2. The number of aldehydes is 1. The predicted molar refractivity (Wildman–Crippen MR) is 63.7 cm³/mol. The summed E-state index contributed by atoms with van der Waals surface area (Å²) >= 11 is 11.9. The predicted octanol–water partition coefficient (Wildman–Crippen LogP) is 3.30. The molecule has 0 radical (unpaired) electrons. The van der Waals surface area contributed by atoms with Crippen LogP contribution in [0.4, 0.5) is 0 Å². The van der Waals surface area contributed by atoms with Crippen molar-refractivity contribution >= 4 is 29.5 Å². The maximum absolute atomic E-state index is 10.7. The summed E-state index contributed by atoms with van der Waals surface area (Å²) in [7, 11) is 0. The van der Waals surface area contributed by atoms with Crippen LogP contribution in [0.25, 0.3) is 5.69 Å². The molecule has 1 aromatic carbocycles. The maximum Gasteiger partial charge on any atom is 0.153 e. The van der Waals surface area contributed by atoms with Crippen LogP contribution in [-0.4, -0.2) is 16.1 Å². The second-order valence-corrected chi connectivity index (χ2v) is 4.15. The minimum Gasteiger partial charge on any atom is -0.298 e. The van der Waals surface area contributed by atoms with E-state index in [0.29, 0.717) is 21.3 Å². The molecule has 0 aliphatic carbocycles. The third kappa shape index (κ3) is 1.84. The molecule has 1 heterocycles. The van der Waals surface area contributed by atoms with Crippen LogP contribution in [0.5, 0.6) is 0 Å². The molecule has 16 heavy (non-hydrogen) atoms. The van der Waals surface area contributed by atoms with Gasteiger partial charge in [-0.2, -0.15) is 5.10 Å². The van der Waals surface area contributed by atoms with Gasteiger partial charge in [-0.05, 0) is 25.1 Å². The number of carbonyl (C=O) groups excluding carboxylic acids is 1. The molecule has 0 aliphatic rings. The zero-order valence-electron chi connectivity index (χ0n) is 8.45. The first-order valence-corrected chi connectivity index (χ1v) is 5.34. The number of hydrogen-bond donors (Lipinski definition) is 0. The highest BCUT2D eigenvalue weighted by atomic mass is 35.5. The van der Waals surface area contributed by atoms with Gasteiger partial charge in [0.05, 0.1) is 28.2 Å². The van der Waals surface area contributed by atoms with Crippen LogP contribution in [0.3, 0.4) is 0 Å². The lowest BCUT2D eigenvalue weighted by molar-refractivity contribution is 0.112. The molecular weight excluding hydrogens is 247 g/mol. The fourth-order valence-electron chi connectivity index (χ4n) is 1.43. The SMILES string of the molecule is Cc1c(C=O)cnn1-c1ccc(Cl)cc1Cl. The summed E-state index contributed by atoms with van der Waals surface area (Å²) in [6.07, 6.45) is 2.27. The van der Waals surface area contributed by atoms with E-state index in [1.54, 1.807) is 22.9 Å². The molecule has 0 aliphatic heterocycles. The average Bonchev–Trinajstić information content (AvgIpc) is 2.60. The van der Waals surface area contributed by atoms with Crippen molar-refractivity contribution in [2.24, 2.45) is 0 Å². The van der Waals surface area contributed by atoms with Gasteiger partial charge in [0.2, 0.25) is 0 Å². The molecule has 0 saturated carbocycles. The smallest absolute Gasteiger partial charge is 0.153 e. The molecule has 5 heteroatoms. The van der Waals surface area contributed by atoms with Gasteiger partial charge < -0.3 is 0 Å². The Hall–Kier alpha value is -1.32. The Morgan fingerprint density at radius 3 is 2.69 bits per heavy atom. The molecule has 0 fully saturated rings. The zero-order valence-corrected chi connectivity index (χ0v) is 9.96. The number of hydrogen-bond acceptors (Lipinski definition) is 2. The summed E-state index contributed by atoms with van der Waals surface area (Å²) in [5.74, 6) is 0. The summed E-state index contributed by atoms with van der Waals surface area (Å²) in [5, 5.41) is 5.17. The van der Waals surface area contributed by atoms with E-state index < -0.39 is 0 Å². The molecule has 0 spiro atoms. The van der Waals surface area contributed by atoms with E-state index in [9.17, 15) is 4.79 Å². The first-order chi connectivity index (χ1) is 7.63. The molecule has 82 valence electrons. The van der Waals surface area contributed by atoms with E-state index in [0.717, 1.165) is 12.0 Å². The number of aromatic nitrogens is 2. The average molecular weight is 255 g/mol.